The Bertz CT molecular complexity index is 1080. The van der Waals surface area contributed by atoms with Gasteiger partial charge in [-0.1, -0.05) is 0 Å². The van der Waals surface area contributed by atoms with Crippen LogP contribution in [0.1, 0.15) is 37.2 Å². The Kier molecular flexibility index (Phi) is 6.42. The molecule has 1 aliphatic rings. The van der Waals surface area contributed by atoms with Gasteiger partial charge in [0, 0.05) is 30.0 Å². The maximum Gasteiger partial charge on any atom is 0.338 e. The Morgan fingerprint density at radius 1 is 1.03 bits per heavy atom. The van der Waals surface area contributed by atoms with Crippen LogP contribution in [0.15, 0.2) is 65.1 Å². The number of esters is 1. The summed E-state index contributed by atoms with van der Waals surface area (Å²) in [6.45, 7) is 3.37. The fourth-order valence-corrected chi connectivity index (χ4v) is 3.52. The summed E-state index contributed by atoms with van der Waals surface area (Å²) in [6, 6.07) is 9.93. The molecule has 0 bridgehead atoms. The molecule has 0 radical (unpaired) electrons. The van der Waals surface area contributed by atoms with Crippen molar-refractivity contribution in [3.05, 3.63) is 96.1 Å². The van der Waals surface area contributed by atoms with Gasteiger partial charge in [0.1, 0.15) is 12.2 Å². The van der Waals surface area contributed by atoms with Crippen LogP contribution in [0.2, 0.25) is 0 Å². The Balaban J connectivity index is 2.12. The van der Waals surface area contributed by atoms with Gasteiger partial charge in [-0.15, -0.1) is 4.91 Å². The van der Waals surface area contributed by atoms with Crippen molar-refractivity contribution in [3.63, 3.8) is 0 Å². The zero-order valence-electron chi connectivity index (χ0n) is 17.1. The normalized spacial score (nSPS) is 18.0. The third-order valence-electron chi connectivity index (χ3n) is 4.99. The van der Waals surface area contributed by atoms with Crippen molar-refractivity contribution >= 4 is 17.3 Å². The molecule has 32 heavy (non-hydrogen) atoms. The highest BCUT2D eigenvalue weighted by Gasteiger charge is 2.41. The minimum atomic E-state index is -1.01. The number of non-ortho nitro benzene ring substituents is 2. The second-order valence-corrected chi connectivity index (χ2v) is 6.87. The lowest BCUT2D eigenvalue weighted by atomic mass is 9.92. The van der Waals surface area contributed by atoms with Gasteiger partial charge in [-0.2, -0.15) is 0 Å². The zero-order chi connectivity index (χ0) is 23.4. The third-order valence-corrected chi connectivity index (χ3v) is 4.99. The zero-order valence-corrected chi connectivity index (χ0v) is 17.1. The van der Waals surface area contributed by atoms with E-state index >= 15 is 0 Å². The molecule has 0 unspecified atom stereocenters. The number of ether oxygens (including phenoxy) is 1. The Hall–Kier alpha value is -4.35. The molecule has 166 valence electrons. The summed E-state index contributed by atoms with van der Waals surface area (Å²) in [5.41, 5.74) is 1.16. The molecule has 1 heterocycles. The number of nitrogens with zero attached hydrogens (tertiary/aromatic N) is 4. The van der Waals surface area contributed by atoms with Crippen LogP contribution in [0.25, 0.3) is 0 Å². The molecule has 1 N–H and O–H groups in total. The van der Waals surface area contributed by atoms with Crippen LogP contribution >= 0.6 is 0 Å². The molecular formula is C20H19N5O7. The first-order valence-corrected chi connectivity index (χ1v) is 9.53. The fourth-order valence-electron chi connectivity index (χ4n) is 3.52. The van der Waals surface area contributed by atoms with Crippen molar-refractivity contribution in [2.24, 2.45) is 5.29 Å². The number of nitro groups is 2. The maximum absolute atomic E-state index is 12.7. The molecule has 3 rings (SSSR count). The van der Waals surface area contributed by atoms with E-state index in [4.69, 9.17) is 4.74 Å². The Labute approximate surface area is 181 Å². The topological polar surface area (TPSA) is 157 Å². The molecule has 1 aliphatic heterocycles. The molecule has 0 saturated heterocycles. The van der Waals surface area contributed by atoms with Crippen LogP contribution in [-0.4, -0.2) is 27.4 Å². The smallest absolute Gasteiger partial charge is 0.338 e. The molecule has 2 aromatic carbocycles. The number of carbonyl (C=O) groups is 1. The summed E-state index contributed by atoms with van der Waals surface area (Å²) in [5.74, 6) is -0.670. The highest BCUT2D eigenvalue weighted by Crippen LogP contribution is 2.41. The SMILES string of the molecule is CCOC(=O)C1=C(C)N[C@H](c2ccc([N+](=O)[O-])cc2)N(N=O)[C@H]1c1ccc([N+](=O)[O-])cc1. The number of nitroso groups, excluding NO2 is 1. The lowest BCUT2D eigenvalue weighted by Crippen LogP contribution is -2.44. The molecule has 0 aliphatic carbocycles. The number of carbonyl (C=O) groups excluding carboxylic acids is 1. The Morgan fingerprint density at radius 3 is 1.97 bits per heavy atom. The molecular weight excluding hydrogens is 422 g/mol. The van der Waals surface area contributed by atoms with Gasteiger partial charge in [-0.3, -0.25) is 20.2 Å². The van der Waals surface area contributed by atoms with E-state index in [0.29, 0.717) is 16.8 Å². The molecule has 12 nitrogen and oxygen atoms in total. The van der Waals surface area contributed by atoms with E-state index in [1.165, 1.54) is 48.5 Å². The van der Waals surface area contributed by atoms with E-state index in [9.17, 15) is 29.9 Å². The minimum absolute atomic E-state index is 0.100. The van der Waals surface area contributed by atoms with Gasteiger partial charge < -0.3 is 10.1 Å². The summed E-state index contributed by atoms with van der Waals surface area (Å²) in [7, 11) is 0. The largest absolute Gasteiger partial charge is 0.463 e. The number of rotatable bonds is 7. The number of hydrogen-bond donors (Lipinski definition) is 1. The van der Waals surface area contributed by atoms with Gasteiger partial charge >= 0.3 is 5.97 Å². The van der Waals surface area contributed by atoms with Crippen LogP contribution in [0, 0.1) is 25.1 Å². The summed E-state index contributed by atoms with van der Waals surface area (Å²) < 4.78 is 5.15. The van der Waals surface area contributed by atoms with E-state index in [1.807, 2.05) is 0 Å². The van der Waals surface area contributed by atoms with Crippen molar-refractivity contribution in [3.8, 4) is 0 Å². The van der Waals surface area contributed by atoms with Crippen molar-refractivity contribution in [1.29, 1.82) is 0 Å². The van der Waals surface area contributed by atoms with Crippen molar-refractivity contribution in [1.82, 2.24) is 10.3 Å². The van der Waals surface area contributed by atoms with Crippen molar-refractivity contribution in [2.45, 2.75) is 26.1 Å². The molecule has 0 saturated carbocycles. The van der Waals surface area contributed by atoms with E-state index in [0.717, 1.165) is 5.01 Å². The number of hydrogen-bond acceptors (Lipinski definition) is 9. The van der Waals surface area contributed by atoms with Gasteiger partial charge in [-0.05, 0) is 49.2 Å². The highest BCUT2D eigenvalue weighted by atomic mass is 16.6. The summed E-state index contributed by atoms with van der Waals surface area (Å²) in [5, 5.41) is 29.2. The molecule has 2 aromatic rings. The first kappa shape index (κ1) is 22.3. The number of nitrogens with one attached hydrogen (secondary N) is 1. The van der Waals surface area contributed by atoms with Gasteiger partial charge in [0.05, 0.1) is 27.3 Å². The number of allylic oxidation sites excluding steroid dienone is 1. The van der Waals surface area contributed by atoms with E-state index in [2.05, 4.69) is 10.6 Å². The molecule has 12 heteroatoms. The lowest BCUT2D eigenvalue weighted by molar-refractivity contribution is -0.385. The van der Waals surface area contributed by atoms with Gasteiger partial charge in [-0.25, -0.2) is 9.80 Å². The first-order chi connectivity index (χ1) is 15.3. The second-order valence-electron chi connectivity index (χ2n) is 6.87. The monoisotopic (exact) mass is 441 g/mol. The lowest BCUT2D eigenvalue weighted by Gasteiger charge is -2.40. The molecule has 0 fully saturated rings. The maximum atomic E-state index is 12.7. The summed E-state index contributed by atoms with van der Waals surface area (Å²) in [4.78, 5) is 45.5. The number of benzene rings is 2. The average Bonchev–Trinajstić information content (AvgIpc) is 2.78. The highest BCUT2D eigenvalue weighted by molar-refractivity contribution is 5.91. The summed E-state index contributed by atoms with van der Waals surface area (Å²) in [6.07, 6.45) is -0.855. The van der Waals surface area contributed by atoms with Crippen LogP contribution in [0.5, 0.6) is 0 Å². The van der Waals surface area contributed by atoms with E-state index in [-0.39, 0.29) is 23.6 Å². The van der Waals surface area contributed by atoms with Crippen LogP contribution in [0.3, 0.4) is 0 Å². The van der Waals surface area contributed by atoms with Gasteiger partial charge in [0.15, 0.2) is 0 Å². The fraction of sp³-hybridized carbons (Fsp3) is 0.250. The molecule has 0 aromatic heterocycles. The molecule has 0 spiro atoms. The predicted molar refractivity (Wildman–Crippen MR) is 112 cm³/mol. The van der Waals surface area contributed by atoms with Crippen LogP contribution in [0.4, 0.5) is 11.4 Å². The van der Waals surface area contributed by atoms with Crippen LogP contribution in [-0.2, 0) is 9.53 Å². The Morgan fingerprint density at radius 2 is 1.53 bits per heavy atom. The predicted octanol–water partition coefficient (Wildman–Crippen LogP) is 3.67. The van der Waals surface area contributed by atoms with Gasteiger partial charge in [0.2, 0.25) is 0 Å². The van der Waals surface area contributed by atoms with Crippen LogP contribution < -0.4 is 5.32 Å². The van der Waals surface area contributed by atoms with Crippen molar-refractivity contribution < 1.29 is 19.4 Å². The minimum Gasteiger partial charge on any atom is -0.463 e. The molecule has 2 atom stereocenters. The third kappa shape index (κ3) is 4.24. The quantitative estimate of drug-likeness (QED) is 0.293. The molecule has 0 amide bonds. The van der Waals surface area contributed by atoms with E-state index in [1.54, 1.807) is 13.8 Å². The second kappa shape index (κ2) is 9.20. The van der Waals surface area contributed by atoms with E-state index < -0.39 is 28.0 Å². The average molecular weight is 441 g/mol. The van der Waals surface area contributed by atoms with Gasteiger partial charge in [0.25, 0.3) is 11.4 Å². The number of nitro benzene ring substituents is 2. The summed E-state index contributed by atoms with van der Waals surface area (Å²) >= 11 is 0. The standard InChI is InChI=1S/C20H19N5O7/c1-3-32-20(26)17-12(2)21-19(14-6-10-16(11-7-14)25(30)31)23(22-27)18(17)13-4-8-15(9-5-13)24(28)29/h4-11,18-19,21H,3H2,1-2H3/t18-,19-/m0/s1. The van der Waals surface area contributed by atoms with Crippen molar-refractivity contribution in [2.75, 3.05) is 6.61 Å². The first-order valence-electron chi connectivity index (χ1n) is 9.53.